The van der Waals surface area contributed by atoms with Crippen molar-refractivity contribution < 1.29 is 9.53 Å². The Balaban J connectivity index is 1.71. The average Bonchev–Trinajstić information content (AvgIpc) is 3.47. The molecule has 0 bridgehead atoms. The molecular formula is C23H30N2O2. The Morgan fingerprint density at radius 3 is 2.30 bits per heavy atom. The Hall–Kier alpha value is -2.36. The lowest BCUT2D eigenvalue weighted by atomic mass is 9.87. The number of pyridine rings is 1. The molecule has 2 aromatic rings. The molecule has 1 fully saturated rings. The van der Waals surface area contributed by atoms with Gasteiger partial charge in [0.2, 0.25) is 0 Å². The van der Waals surface area contributed by atoms with Gasteiger partial charge in [-0.15, -0.1) is 0 Å². The molecule has 1 aromatic heterocycles. The second-order valence-corrected chi connectivity index (χ2v) is 8.44. The van der Waals surface area contributed by atoms with Crippen LogP contribution < -0.4 is 4.74 Å². The van der Waals surface area contributed by atoms with Crippen LogP contribution in [0.1, 0.15) is 64.8 Å². The molecule has 27 heavy (non-hydrogen) atoms. The number of ether oxygens (including phenoxy) is 1. The molecular weight excluding hydrogens is 336 g/mol. The molecule has 1 heterocycles. The summed E-state index contributed by atoms with van der Waals surface area (Å²) in [5, 5.41) is 0. The Morgan fingerprint density at radius 1 is 1.11 bits per heavy atom. The van der Waals surface area contributed by atoms with Crippen molar-refractivity contribution in [3.05, 3.63) is 59.9 Å². The van der Waals surface area contributed by atoms with E-state index in [2.05, 4.69) is 37.9 Å². The van der Waals surface area contributed by atoms with Crippen LogP contribution in [0.5, 0.6) is 5.75 Å². The molecule has 1 aliphatic rings. The number of hydrogen-bond donors (Lipinski definition) is 0. The number of carbonyl (C=O) groups excluding carboxylic acids is 1. The molecule has 0 N–H and O–H groups in total. The number of aromatic nitrogens is 1. The van der Waals surface area contributed by atoms with Crippen LogP contribution in [-0.2, 0) is 10.2 Å². The van der Waals surface area contributed by atoms with Gasteiger partial charge < -0.3 is 9.64 Å². The highest BCUT2D eigenvalue weighted by Gasteiger charge is 2.39. The summed E-state index contributed by atoms with van der Waals surface area (Å²) in [5.74, 6) is 0.751. The van der Waals surface area contributed by atoms with Gasteiger partial charge in [0, 0.05) is 12.2 Å². The van der Waals surface area contributed by atoms with Gasteiger partial charge in [0.15, 0.2) is 6.10 Å². The van der Waals surface area contributed by atoms with Crippen LogP contribution >= 0.6 is 0 Å². The molecule has 2 atom stereocenters. The topological polar surface area (TPSA) is 42.4 Å². The fourth-order valence-electron chi connectivity index (χ4n) is 3.30. The van der Waals surface area contributed by atoms with Crippen molar-refractivity contribution in [1.82, 2.24) is 9.88 Å². The maximum absolute atomic E-state index is 13.1. The second kappa shape index (κ2) is 7.71. The third-order valence-corrected chi connectivity index (χ3v) is 5.11. The summed E-state index contributed by atoms with van der Waals surface area (Å²) in [7, 11) is 0. The van der Waals surface area contributed by atoms with Gasteiger partial charge in [0.05, 0.1) is 11.7 Å². The Morgan fingerprint density at radius 2 is 1.78 bits per heavy atom. The first-order valence-corrected chi connectivity index (χ1v) is 9.77. The molecule has 144 valence electrons. The normalized spacial score (nSPS) is 16.5. The standard InChI is InChI=1S/C23H30N2O2/c1-16(21-8-6-7-15-24-21)25(19-11-12-19)22(26)17(2)27-20-13-9-18(10-14-20)23(3,4)5/h6-10,13-17,19H,11-12H2,1-5H3. The molecule has 0 saturated heterocycles. The van der Waals surface area contributed by atoms with Crippen LogP contribution in [0.2, 0.25) is 0 Å². The van der Waals surface area contributed by atoms with Gasteiger partial charge >= 0.3 is 0 Å². The maximum Gasteiger partial charge on any atom is 0.264 e. The van der Waals surface area contributed by atoms with Gasteiger partial charge in [-0.2, -0.15) is 0 Å². The summed E-state index contributed by atoms with van der Waals surface area (Å²) in [6.45, 7) is 10.4. The van der Waals surface area contributed by atoms with Gasteiger partial charge in [0.1, 0.15) is 5.75 Å². The lowest BCUT2D eigenvalue weighted by molar-refractivity contribution is -0.141. The van der Waals surface area contributed by atoms with E-state index in [9.17, 15) is 4.79 Å². The lowest BCUT2D eigenvalue weighted by Gasteiger charge is -2.31. The summed E-state index contributed by atoms with van der Waals surface area (Å²) in [6.07, 6.45) is 3.35. The molecule has 0 aliphatic heterocycles. The molecule has 1 aromatic carbocycles. The van der Waals surface area contributed by atoms with E-state index < -0.39 is 6.10 Å². The van der Waals surface area contributed by atoms with Crippen LogP contribution in [0.25, 0.3) is 0 Å². The van der Waals surface area contributed by atoms with Crippen molar-refractivity contribution in [2.24, 2.45) is 0 Å². The van der Waals surface area contributed by atoms with Crippen molar-refractivity contribution in [1.29, 1.82) is 0 Å². The predicted molar refractivity (Wildman–Crippen MR) is 108 cm³/mol. The van der Waals surface area contributed by atoms with Crippen LogP contribution in [0, 0.1) is 0 Å². The fourth-order valence-corrected chi connectivity index (χ4v) is 3.30. The molecule has 0 radical (unpaired) electrons. The number of rotatable bonds is 6. The first-order chi connectivity index (χ1) is 12.8. The Bertz CT molecular complexity index is 761. The van der Waals surface area contributed by atoms with Crippen molar-refractivity contribution in [2.75, 3.05) is 0 Å². The lowest BCUT2D eigenvalue weighted by Crippen LogP contribution is -2.43. The van der Waals surface area contributed by atoms with E-state index in [4.69, 9.17) is 4.74 Å². The van der Waals surface area contributed by atoms with Crippen LogP contribution in [0.4, 0.5) is 0 Å². The van der Waals surface area contributed by atoms with Gasteiger partial charge in [-0.25, -0.2) is 0 Å². The average molecular weight is 367 g/mol. The number of nitrogens with zero attached hydrogens (tertiary/aromatic N) is 2. The van der Waals surface area contributed by atoms with Gasteiger partial charge in [-0.05, 0) is 61.9 Å². The predicted octanol–water partition coefficient (Wildman–Crippen LogP) is 4.90. The molecule has 2 unspecified atom stereocenters. The quantitative estimate of drug-likeness (QED) is 0.730. The minimum absolute atomic E-state index is 0.0237. The van der Waals surface area contributed by atoms with Crippen LogP contribution in [0.15, 0.2) is 48.7 Å². The SMILES string of the molecule is CC(Oc1ccc(C(C)(C)C)cc1)C(=O)N(C1CC1)C(C)c1ccccn1. The summed E-state index contributed by atoms with van der Waals surface area (Å²) >= 11 is 0. The van der Waals surface area contributed by atoms with Gasteiger partial charge in [0.25, 0.3) is 5.91 Å². The second-order valence-electron chi connectivity index (χ2n) is 8.44. The molecule has 1 aliphatic carbocycles. The highest BCUT2D eigenvalue weighted by atomic mass is 16.5. The van der Waals surface area contributed by atoms with Crippen LogP contribution in [0.3, 0.4) is 0 Å². The summed E-state index contributed by atoms with van der Waals surface area (Å²) < 4.78 is 5.98. The number of carbonyl (C=O) groups is 1. The third kappa shape index (κ3) is 4.68. The number of hydrogen-bond acceptors (Lipinski definition) is 3. The molecule has 4 nitrogen and oxygen atoms in total. The Labute approximate surface area is 162 Å². The summed E-state index contributed by atoms with van der Waals surface area (Å²) in [4.78, 5) is 19.5. The molecule has 4 heteroatoms. The van der Waals surface area contributed by atoms with E-state index in [-0.39, 0.29) is 17.4 Å². The first kappa shape index (κ1) is 19.4. The first-order valence-electron chi connectivity index (χ1n) is 9.77. The van der Waals surface area contributed by atoms with Gasteiger partial charge in [-0.1, -0.05) is 39.0 Å². The van der Waals surface area contributed by atoms with Gasteiger partial charge in [-0.3, -0.25) is 9.78 Å². The van der Waals surface area contributed by atoms with E-state index in [1.807, 2.05) is 49.1 Å². The molecule has 1 saturated carbocycles. The van der Waals surface area contributed by atoms with E-state index in [0.717, 1.165) is 24.3 Å². The van der Waals surface area contributed by atoms with Crippen LogP contribution in [-0.4, -0.2) is 27.9 Å². The zero-order chi connectivity index (χ0) is 19.6. The van der Waals surface area contributed by atoms with Crippen molar-refractivity contribution in [3.63, 3.8) is 0 Å². The number of amides is 1. The smallest absolute Gasteiger partial charge is 0.264 e. The molecule has 3 rings (SSSR count). The Kier molecular flexibility index (Phi) is 5.54. The fraction of sp³-hybridized carbons (Fsp3) is 0.478. The molecule has 0 spiro atoms. The van der Waals surface area contributed by atoms with Crippen molar-refractivity contribution in [3.8, 4) is 5.75 Å². The monoisotopic (exact) mass is 366 g/mol. The highest BCUT2D eigenvalue weighted by molar-refractivity contribution is 5.82. The zero-order valence-corrected chi connectivity index (χ0v) is 17.0. The van der Waals surface area contributed by atoms with E-state index in [1.165, 1.54) is 5.56 Å². The van der Waals surface area contributed by atoms with E-state index in [0.29, 0.717) is 6.04 Å². The third-order valence-electron chi connectivity index (χ3n) is 5.11. The summed E-state index contributed by atoms with van der Waals surface area (Å²) in [5.41, 5.74) is 2.26. The van der Waals surface area contributed by atoms with Crippen molar-refractivity contribution >= 4 is 5.91 Å². The van der Waals surface area contributed by atoms with Crippen molar-refractivity contribution in [2.45, 2.75) is 71.1 Å². The minimum atomic E-state index is -0.530. The number of benzene rings is 1. The molecule has 1 amide bonds. The van der Waals surface area contributed by atoms with E-state index >= 15 is 0 Å². The minimum Gasteiger partial charge on any atom is -0.481 e. The van der Waals surface area contributed by atoms with E-state index in [1.54, 1.807) is 6.20 Å². The zero-order valence-electron chi connectivity index (χ0n) is 17.0. The highest BCUT2D eigenvalue weighted by Crippen LogP contribution is 2.34. The maximum atomic E-state index is 13.1. The summed E-state index contributed by atoms with van der Waals surface area (Å²) in [6, 6.07) is 14.1. The largest absolute Gasteiger partial charge is 0.481 e.